The highest BCUT2D eigenvalue weighted by atomic mass is 16.5. The molecule has 1 aliphatic rings. The number of rotatable bonds is 8. The molecule has 0 aliphatic heterocycles. The molecule has 0 heterocycles. The van der Waals surface area contributed by atoms with Crippen molar-refractivity contribution in [2.45, 2.75) is 63.8 Å². The number of hydrogen-bond donors (Lipinski definition) is 1. The first kappa shape index (κ1) is 14.5. The summed E-state index contributed by atoms with van der Waals surface area (Å²) in [5.74, 6) is 0.336. The van der Waals surface area contributed by atoms with E-state index in [4.69, 9.17) is 15.7 Å². The van der Waals surface area contributed by atoms with Crippen LogP contribution in [0.1, 0.15) is 58.3 Å². The Balaban J connectivity index is 2.05. The Labute approximate surface area is 105 Å². The molecule has 0 amide bonds. The summed E-state index contributed by atoms with van der Waals surface area (Å²) in [6.45, 7) is 3.83. The Morgan fingerprint density at radius 3 is 2.88 bits per heavy atom. The van der Waals surface area contributed by atoms with Crippen molar-refractivity contribution in [3.05, 3.63) is 0 Å². The van der Waals surface area contributed by atoms with Gasteiger partial charge in [0.15, 0.2) is 0 Å². The van der Waals surface area contributed by atoms with E-state index in [9.17, 15) is 0 Å². The molecule has 2 atom stereocenters. The fourth-order valence-electron chi connectivity index (χ4n) is 2.61. The fourth-order valence-corrected chi connectivity index (χ4v) is 2.61. The maximum atomic E-state index is 9.08. The minimum atomic E-state index is -0.578. The number of hydrogen-bond acceptors (Lipinski definition) is 3. The van der Waals surface area contributed by atoms with Crippen molar-refractivity contribution in [3.63, 3.8) is 0 Å². The molecule has 0 aromatic heterocycles. The first-order valence-electron chi connectivity index (χ1n) is 7.01. The van der Waals surface area contributed by atoms with E-state index in [2.05, 4.69) is 13.0 Å². The van der Waals surface area contributed by atoms with Crippen LogP contribution >= 0.6 is 0 Å². The minimum Gasteiger partial charge on any atom is -0.381 e. The molecule has 17 heavy (non-hydrogen) atoms. The lowest BCUT2D eigenvalue weighted by atomic mass is 9.87. The van der Waals surface area contributed by atoms with Gasteiger partial charge in [-0.1, -0.05) is 32.6 Å². The van der Waals surface area contributed by atoms with Crippen molar-refractivity contribution in [3.8, 4) is 6.07 Å². The zero-order valence-electron chi connectivity index (χ0n) is 11.1. The van der Waals surface area contributed by atoms with Gasteiger partial charge in [0.1, 0.15) is 5.54 Å². The van der Waals surface area contributed by atoms with Crippen LogP contribution < -0.4 is 5.73 Å². The highest BCUT2D eigenvalue weighted by Crippen LogP contribution is 2.35. The predicted molar refractivity (Wildman–Crippen MR) is 69.5 cm³/mol. The van der Waals surface area contributed by atoms with Crippen LogP contribution in [0.25, 0.3) is 0 Å². The quantitative estimate of drug-likeness (QED) is 0.661. The monoisotopic (exact) mass is 238 g/mol. The van der Waals surface area contributed by atoms with Gasteiger partial charge in [-0.3, -0.25) is 0 Å². The third-order valence-electron chi connectivity index (χ3n) is 3.83. The van der Waals surface area contributed by atoms with Gasteiger partial charge in [0.05, 0.1) is 6.07 Å². The average molecular weight is 238 g/mol. The predicted octanol–water partition coefficient (Wildman–Crippen LogP) is 2.99. The van der Waals surface area contributed by atoms with Crippen molar-refractivity contribution in [1.82, 2.24) is 0 Å². The van der Waals surface area contributed by atoms with E-state index in [0.29, 0.717) is 5.92 Å². The summed E-state index contributed by atoms with van der Waals surface area (Å²) in [5.41, 5.74) is 5.49. The summed E-state index contributed by atoms with van der Waals surface area (Å²) in [5, 5.41) is 9.08. The van der Waals surface area contributed by atoms with E-state index in [-0.39, 0.29) is 0 Å². The van der Waals surface area contributed by atoms with Gasteiger partial charge >= 0.3 is 0 Å². The van der Waals surface area contributed by atoms with Crippen molar-refractivity contribution in [2.24, 2.45) is 11.7 Å². The maximum Gasteiger partial charge on any atom is 0.107 e. The molecule has 1 fully saturated rings. The number of nitrogens with zero attached hydrogens (tertiary/aromatic N) is 1. The molecule has 2 N–H and O–H groups in total. The molecule has 3 nitrogen and oxygen atoms in total. The summed E-state index contributed by atoms with van der Waals surface area (Å²) in [7, 11) is 0. The van der Waals surface area contributed by atoms with Crippen molar-refractivity contribution >= 4 is 0 Å². The molecular formula is C14H26N2O. The molecular weight excluding hydrogens is 212 g/mol. The van der Waals surface area contributed by atoms with Gasteiger partial charge < -0.3 is 10.5 Å². The van der Waals surface area contributed by atoms with Crippen LogP contribution in [0.15, 0.2) is 0 Å². The van der Waals surface area contributed by atoms with Gasteiger partial charge in [-0.25, -0.2) is 0 Å². The second kappa shape index (κ2) is 7.68. The standard InChI is InChI=1S/C14H26N2O/c1-2-3-4-5-10-17-11-8-13-7-6-9-14(13,16)12-15/h13H,2-11,16H2,1H3. The summed E-state index contributed by atoms with van der Waals surface area (Å²) in [6, 6.07) is 2.28. The largest absolute Gasteiger partial charge is 0.381 e. The smallest absolute Gasteiger partial charge is 0.107 e. The van der Waals surface area contributed by atoms with E-state index < -0.39 is 5.54 Å². The summed E-state index contributed by atoms with van der Waals surface area (Å²) < 4.78 is 5.62. The molecule has 98 valence electrons. The SMILES string of the molecule is CCCCCCOCCC1CCCC1(N)C#N. The van der Waals surface area contributed by atoms with E-state index in [0.717, 1.165) is 45.3 Å². The van der Waals surface area contributed by atoms with Crippen LogP contribution in [-0.2, 0) is 4.74 Å². The number of unbranched alkanes of at least 4 members (excludes halogenated alkanes) is 3. The van der Waals surface area contributed by atoms with Crippen molar-refractivity contribution in [2.75, 3.05) is 13.2 Å². The van der Waals surface area contributed by atoms with Crippen molar-refractivity contribution in [1.29, 1.82) is 5.26 Å². The van der Waals surface area contributed by atoms with E-state index in [1.807, 2.05) is 0 Å². The third kappa shape index (κ3) is 4.65. The lowest BCUT2D eigenvalue weighted by molar-refractivity contribution is 0.111. The normalized spacial score (nSPS) is 28.2. The second-order valence-electron chi connectivity index (χ2n) is 5.20. The fraction of sp³-hybridized carbons (Fsp3) is 0.929. The first-order valence-corrected chi connectivity index (χ1v) is 7.01. The zero-order valence-corrected chi connectivity index (χ0v) is 11.1. The molecule has 0 saturated heterocycles. The van der Waals surface area contributed by atoms with E-state index >= 15 is 0 Å². The van der Waals surface area contributed by atoms with Crippen molar-refractivity contribution < 1.29 is 4.74 Å². The lowest BCUT2D eigenvalue weighted by Gasteiger charge is -2.23. The Kier molecular flexibility index (Phi) is 6.54. The van der Waals surface area contributed by atoms with Gasteiger partial charge in [0.25, 0.3) is 0 Å². The van der Waals surface area contributed by atoms with E-state index in [1.165, 1.54) is 19.3 Å². The average Bonchev–Trinajstić information content (AvgIpc) is 2.71. The van der Waals surface area contributed by atoms with Crippen LogP contribution in [-0.4, -0.2) is 18.8 Å². The Hall–Kier alpha value is -0.590. The molecule has 3 heteroatoms. The highest BCUT2D eigenvalue weighted by Gasteiger charge is 2.39. The molecule has 1 rings (SSSR count). The second-order valence-corrected chi connectivity index (χ2v) is 5.20. The third-order valence-corrected chi connectivity index (χ3v) is 3.83. The lowest BCUT2D eigenvalue weighted by Crippen LogP contribution is -2.42. The van der Waals surface area contributed by atoms with Crippen LogP contribution in [0.2, 0.25) is 0 Å². The summed E-state index contributed by atoms with van der Waals surface area (Å²) in [4.78, 5) is 0. The zero-order chi connectivity index (χ0) is 12.6. The van der Waals surface area contributed by atoms with Crippen LogP contribution in [0.3, 0.4) is 0 Å². The molecule has 1 saturated carbocycles. The Bertz CT molecular complexity index is 249. The molecule has 0 aromatic carbocycles. The van der Waals surface area contributed by atoms with Gasteiger partial charge in [-0.2, -0.15) is 5.26 Å². The van der Waals surface area contributed by atoms with Gasteiger partial charge in [-0.15, -0.1) is 0 Å². The minimum absolute atomic E-state index is 0.336. The van der Waals surface area contributed by atoms with Crippen LogP contribution in [0.5, 0.6) is 0 Å². The van der Waals surface area contributed by atoms with Gasteiger partial charge in [-0.05, 0) is 31.6 Å². The first-order chi connectivity index (χ1) is 8.23. The molecule has 2 unspecified atom stereocenters. The molecule has 1 aliphatic carbocycles. The van der Waals surface area contributed by atoms with Gasteiger partial charge in [0, 0.05) is 13.2 Å². The molecule has 0 bridgehead atoms. The number of nitriles is 1. The highest BCUT2D eigenvalue weighted by molar-refractivity contribution is 5.11. The molecule has 0 radical (unpaired) electrons. The molecule has 0 aromatic rings. The summed E-state index contributed by atoms with van der Waals surface area (Å²) >= 11 is 0. The van der Waals surface area contributed by atoms with Gasteiger partial charge in [0.2, 0.25) is 0 Å². The van der Waals surface area contributed by atoms with Crippen LogP contribution in [0, 0.1) is 17.2 Å². The topological polar surface area (TPSA) is 59.0 Å². The van der Waals surface area contributed by atoms with Crippen LogP contribution in [0.4, 0.5) is 0 Å². The Morgan fingerprint density at radius 1 is 1.35 bits per heavy atom. The number of nitrogens with two attached hydrogens (primary N) is 1. The maximum absolute atomic E-state index is 9.08. The summed E-state index contributed by atoms with van der Waals surface area (Å²) in [6.07, 6.45) is 8.95. The molecule has 0 spiro atoms. The number of ether oxygens (including phenoxy) is 1. The van der Waals surface area contributed by atoms with E-state index in [1.54, 1.807) is 0 Å². The Morgan fingerprint density at radius 2 is 2.18 bits per heavy atom.